The average Bonchev–Trinajstić information content (AvgIpc) is 2.37. The van der Waals surface area contributed by atoms with Crippen LogP contribution in [-0.2, 0) is 16.0 Å². The molecule has 2 N–H and O–H groups in total. The summed E-state index contributed by atoms with van der Waals surface area (Å²) in [6, 6.07) is 7.12. The normalized spacial score (nSPS) is 10.3. The van der Waals surface area contributed by atoms with Crippen LogP contribution < -0.4 is 10.5 Å². The Morgan fingerprint density at radius 2 is 2.11 bits per heavy atom. The number of fused-ring (bicyclic) bond motifs is 1. The van der Waals surface area contributed by atoms with Gasteiger partial charge in [0.15, 0.2) is 0 Å². The third kappa shape index (κ3) is 2.34. The van der Waals surface area contributed by atoms with Crippen LogP contribution in [0.25, 0.3) is 10.9 Å². The van der Waals surface area contributed by atoms with E-state index in [1.165, 1.54) is 7.11 Å². The zero-order chi connectivity index (χ0) is 13.1. The van der Waals surface area contributed by atoms with Gasteiger partial charge in [-0.15, -0.1) is 0 Å². The zero-order valence-corrected chi connectivity index (χ0v) is 10.3. The van der Waals surface area contributed by atoms with Crippen LogP contribution in [0.5, 0.6) is 5.75 Å². The molecule has 0 radical (unpaired) electrons. The summed E-state index contributed by atoms with van der Waals surface area (Å²) in [5.74, 6) is 0.347. The quantitative estimate of drug-likeness (QED) is 0.656. The van der Waals surface area contributed by atoms with Crippen molar-refractivity contribution in [3.63, 3.8) is 0 Å². The van der Waals surface area contributed by atoms with Gasteiger partial charge in [-0.1, -0.05) is 0 Å². The number of anilines is 1. The van der Waals surface area contributed by atoms with Crippen LogP contribution in [0.4, 0.5) is 5.69 Å². The lowest BCUT2D eigenvalue weighted by atomic mass is 10.1. The van der Waals surface area contributed by atoms with Crippen molar-refractivity contribution in [2.45, 2.75) is 6.42 Å². The van der Waals surface area contributed by atoms with Gasteiger partial charge < -0.3 is 15.2 Å². The number of pyridine rings is 1. The molecule has 0 unspecified atom stereocenters. The van der Waals surface area contributed by atoms with Crippen LogP contribution in [0.3, 0.4) is 0 Å². The van der Waals surface area contributed by atoms with Crippen LogP contribution in [0, 0.1) is 0 Å². The molecular formula is C13H14N2O3. The van der Waals surface area contributed by atoms with Crippen molar-refractivity contribution < 1.29 is 14.3 Å². The predicted molar refractivity (Wildman–Crippen MR) is 68.4 cm³/mol. The van der Waals surface area contributed by atoms with E-state index in [0.717, 1.165) is 5.39 Å². The second-order valence-electron chi connectivity index (χ2n) is 3.85. The molecule has 0 aliphatic heterocycles. The lowest BCUT2D eigenvalue weighted by Crippen LogP contribution is -2.06. The molecule has 0 saturated carbocycles. The molecule has 5 heteroatoms. The molecule has 5 nitrogen and oxygen atoms in total. The monoisotopic (exact) mass is 246 g/mol. The average molecular weight is 246 g/mol. The second kappa shape index (κ2) is 4.91. The van der Waals surface area contributed by atoms with Gasteiger partial charge in [0.2, 0.25) is 0 Å². The third-order valence-corrected chi connectivity index (χ3v) is 2.62. The molecule has 1 heterocycles. The molecule has 18 heavy (non-hydrogen) atoms. The van der Waals surface area contributed by atoms with E-state index in [9.17, 15) is 4.79 Å². The van der Waals surface area contributed by atoms with Gasteiger partial charge >= 0.3 is 5.97 Å². The van der Waals surface area contributed by atoms with E-state index in [0.29, 0.717) is 22.6 Å². The van der Waals surface area contributed by atoms with E-state index in [4.69, 9.17) is 10.5 Å². The molecule has 94 valence electrons. The lowest BCUT2D eigenvalue weighted by Gasteiger charge is -2.08. The Labute approximate surface area is 105 Å². The summed E-state index contributed by atoms with van der Waals surface area (Å²) in [5.41, 5.74) is 7.68. The Morgan fingerprint density at radius 3 is 2.78 bits per heavy atom. The standard InChI is InChI=1S/C13H14N2O3/c1-17-12-6-8(14)5-11-10(12)4-3-9(15-11)7-13(16)18-2/h3-6H,7,14H2,1-2H3. The minimum atomic E-state index is -0.322. The molecule has 0 aliphatic rings. The molecule has 1 aromatic heterocycles. The molecule has 1 aromatic carbocycles. The zero-order valence-electron chi connectivity index (χ0n) is 10.3. The number of carbonyl (C=O) groups excluding carboxylic acids is 1. The number of methoxy groups -OCH3 is 2. The fourth-order valence-corrected chi connectivity index (χ4v) is 1.75. The van der Waals surface area contributed by atoms with Crippen molar-refractivity contribution in [2.24, 2.45) is 0 Å². The molecule has 0 bridgehead atoms. The number of ether oxygens (including phenoxy) is 2. The van der Waals surface area contributed by atoms with Crippen LogP contribution in [0.15, 0.2) is 24.3 Å². The Hall–Kier alpha value is -2.30. The number of nitrogen functional groups attached to an aromatic ring is 1. The molecule has 0 atom stereocenters. The van der Waals surface area contributed by atoms with Gasteiger partial charge in [-0.3, -0.25) is 9.78 Å². The van der Waals surface area contributed by atoms with Crippen molar-refractivity contribution in [1.29, 1.82) is 0 Å². The van der Waals surface area contributed by atoms with Crippen LogP contribution in [0.2, 0.25) is 0 Å². The molecule has 0 fully saturated rings. The molecule has 0 spiro atoms. The highest BCUT2D eigenvalue weighted by atomic mass is 16.5. The summed E-state index contributed by atoms with van der Waals surface area (Å²) in [7, 11) is 2.93. The number of nitrogens with zero attached hydrogens (tertiary/aromatic N) is 1. The first-order valence-corrected chi connectivity index (χ1v) is 5.44. The third-order valence-electron chi connectivity index (χ3n) is 2.62. The maximum Gasteiger partial charge on any atom is 0.311 e. The van der Waals surface area contributed by atoms with Crippen LogP contribution in [0.1, 0.15) is 5.69 Å². The number of rotatable bonds is 3. The topological polar surface area (TPSA) is 74.4 Å². The van der Waals surface area contributed by atoms with Crippen molar-refractivity contribution in [2.75, 3.05) is 20.0 Å². The first-order valence-electron chi connectivity index (χ1n) is 5.44. The number of hydrogen-bond donors (Lipinski definition) is 1. The van der Waals surface area contributed by atoms with Gasteiger partial charge in [-0.25, -0.2) is 0 Å². The van der Waals surface area contributed by atoms with Crippen molar-refractivity contribution in [3.05, 3.63) is 30.0 Å². The number of aromatic nitrogens is 1. The number of carbonyl (C=O) groups is 1. The lowest BCUT2D eigenvalue weighted by molar-refractivity contribution is -0.139. The summed E-state index contributed by atoms with van der Waals surface area (Å²) < 4.78 is 9.85. The molecule has 0 amide bonds. The van der Waals surface area contributed by atoms with Crippen molar-refractivity contribution in [1.82, 2.24) is 4.98 Å². The van der Waals surface area contributed by atoms with E-state index < -0.39 is 0 Å². The van der Waals surface area contributed by atoms with Gasteiger partial charge in [0.05, 0.1) is 31.9 Å². The summed E-state index contributed by atoms with van der Waals surface area (Å²) in [6.45, 7) is 0. The van der Waals surface area contributed by atoms with Crippen LogP contribution in [-0.4, -0.2) is 25.2 Å². The minimum absolute atomic E-state index is 0.142. The maximum absolute atomic E-state index is 11.2. The molecule has 2 rings (SSSR count). The number of nitrogens with two attached hydrogens (primary N) is 1. The van der Waals surface area contributed by atoms with Crippen molar-refractivity contribution in [3.8, 4) is 5.75 Å². The molecule has 0 aliphatic carbocycles. The Kier molecular flexibility index (Phi) is 3.32. The highest BCUT2D eigenvalue weighted by molar-refractivity contribution is 5.88. The second-order valence-corrected chi connectivity index (χ2v) is 3.85. The smallest absolute Gasteiger partial charge is 0.311 e. The Morgan fingerprint density at radius 1 is 1.33 bits per heavy atom. The van der Waals surface area contributed by atoms with E-state index in [1.54, 1.807) is 25.3 Å². The summed E-state index contributed by atoms with van der Waals surface area (Å²) in [4.78, 5) is 15.6. The molecule has 2 aromatic rings. The fraction of sp³-hybridized carbons (Fsp3) is 0.231. The van der Waals surface area contributed by atoms with Crippen LogP contribution >= 0.6 is 0 Å². The molecule has 0 saturated heterocycles. The predicted octanol–water partition coefficient (Wildman–Crippen LogP) is 1.54. The number of benzene rings is 1. The number of esters is 1. The summed E-state index contributed by atoms with van der Waals surface area (Å²) in [5, 5.41) is 0.861. The largest absolute Gasteiger partial charge is 0.496 e. The van der Waals surface area contributed by atoms with Gasteiger partial charge in [0.1, 0.15) is 5.75 Å². The van der Waals surface area contributed by atoms with Gasteiger partial charge in [0.25, 0.3) is 0 Å². The number of hydrogen-bond acceptors (Lipinski definition) is 5. The van der Waals surface area contributed by atoms with E-state index in [2.05, 4.69) is 9.72 Å². The first kappa shape index (κ1) is 12.2. The Balaban J connectivity index is 2.48. The maximum atomic E-state index is 11.2. The van der Waals surface area contributed by atoms with E-state index in [1.807, 2.05) is 6.07 Å². The van der Waals surface area contributed by atoms with Gasteiger partial charge in [-0.2, -0.15) is 0 Å². The summed E-state index contributed by atoms with van der Waals surface area (Å²) in [6.07, 6.45) is 0.142. The van der Waals surface area contributed by atoms with E-state index >= 15 is 0 Å². The van der Waals surface area contributed by atoms with Gasteiger partial charge in [0, 0.05) is 17.1 Å². The summed E-state index contributed by atoms with van der Waals surface area (Å²) >= 11 is 0. The molecular weight excluding hydrogens is 232 g/mol. The van der Waals surface area contributed by atoms with Gasteiger partial charge in [-0.05, 0) is 18.2 Å². The SMILES string of the molecule is COC(=O)Cc1ccc2c(OC)cc(N)cc2n1. The Bertz CT molecular complexity index is 596. The van der Waals surface area contributed by atoms with Crippen molar-refractivity contribution >= 4 is 22.6 Å². The first-order chi connectivity index (χ1) is 8.63. The highest BCUT2D eigenvalue weighted by Crippen LogP contribution is 2.27. The highest BCUT2D eigenvalue weighted by Gasteiger charge is 2.08. The van der Waals surface area contributed by atoms with E-state index in [-0.39, 0.29) is 12.4 Å². The fourth-order valence-electron chi connectivity index (χ4n) is 1.75. The minimum Gasteiger partial charge on any atom is -0.496 e.